The van der Waals surface area contributed by atoms with Gasteiger partial charge in [-0.25, -0.2) is 0 Å². The third-order valence-corrected chi connectivity index (χ3v) is 3.11. The summed E-state index contributed by atoms with van der Waals surface area (Å²) in [6.45, 7) is 0. The molecule has 0 aliphatic rings. The Bertz CT molecular complexity index is 474. The predicted molar refractivity (Wildman–Crippen MR) is 59.9 cm³/mol. The van der Waals surface area contributed by atoms with Crippen LogP contribution in [0.25, 0.3) is 10.2 Å². The summed E-state index contributed by atoms with van der Waals surface area (Å²) in [5.74, 6) is 0. The van der Waals surface area contributed by atoms with Crippen LogP contribution in [0.15, 0.2) is 23.0 Å². The summed E-state index contributed by atoms with van der Waals surface area (Å²) < 4.78 is 1.04. The highest BCUT2D eigenvalue weighted by Crippen LogP contribution is 2.16. The van der Waals surface area contributed by atoms with Crippen LogP contribution in [0, 0.1) is 0 Å². The number of nitrogens with one attached hydrogen (secondary N) is 1. The van der Waals surface area contributed by atoms with E-state index in [1.165, 1.54) is 16.9 Å². The fraction of sp³-hybridized carbons (Fsp3) is 0.222. The van der Waals surface area contributed by atoms with Gasteiger partial charge in [-0.1, -0.05) is 33.3 Å². The zero-order valence-corrected chi connectivity index (χ0v) is 9.24. The van der Waals surface area contributed by atoms with Gasteiger partial charge in [0.1, 0.15) is 0 Å². The maximum atomic E-state index is 11.0. The second kappa shape index (κ2) is 3.64. The van der Waals surface area contributed by atoms with Crippen LogP contribution in [0.1, 0.15) is 5.56 Å². The fourth-order valence-corrected chi connectivity index (χ4v) is 2.51. The number of benzene rings is 1. The molecule has 0 atom stereocenters. The number of aromatic amines is 1. The molecule has 0 aliphatic carbocycles. The van der Waals surface area contributed by atoms with Crippen molar-refractivity contribution in [3.05, 3.63) is 33.4 Å². The van der Waals surface area contributed by atoms with Crippen LogP contribution in [0.5, 0.6) is 0 Å². The highest BCUT2D eigenvalue weighted by molar-refractivity contribution is 9.09. The van der Waals surface area contributed by atoms with Crippen molar-refractivity contribution in [1.82, 2.24) is 4.98 Å². The minimum Gasteiger partial charge on any atom is -0.312 e. The molecule has 68 valence electrons. The number of halogens is 1. The quantitative estimate of drug-likeness (QED) is 0.825. The SMILES string of the molecule is O=c1[nH]c2ccc(CCBr)cc2s1. The molecule has 0 aliphatic heterocycles. The molecular weight excluding hydrogens is 250 g/mol. The molecule has 4 heteroatoms. The number of aromatic nitrogens is 1. The van der Waals surface area contributed by atoms with E-state index in [-0.39, 0.29) is 4.87 Å². The number of rotatable bonds is 2. The molecule has 2 nitrogen and oxygen atoms in total. The molecule has 2 aromatic rings. The molecule has 1 N–H and O–H groups in total. The van der Waals surface area contributed by atoms with Crippen LogP contribution >= 0.6 is 27.3 Å². The van der Waals surface area contributed by atoms with E-state index in [2.05, 4.69) is 27.0 Å². The van der Waals surface area contributed by atoms with Gasteiger partial charge in [0.15, 0.2) is 0 Å². The monoisotopic (exact) mass is 257 g/mol. The lowest BCUT2D eigenvalue weighted by Crippen LogP contribution is -1.89. The lowest BCUT2D eigenvalue weighted by Gasteiger charge is -1.96. The molecule has 0 fully saturated rings. The Kier molecular flexibility index (Phi) is 2.51. The normalized spacial score (nSPS) is 10.8. The van der Waals surface area contributed by atoms with Crippen LogP contribution in [-0.4, -0.2) is 10.3 Å². The summed E-state index contributed by atoms with van der Waals surface area (Å²) in [7, 11) is 0. The molecule has 0 unspecified atom stereocenters. The molecule has 1 aromatic carbocycles. The van der Waals surface area contributed by atoms with Crippen LogP contribution in [0.3, 0.4) is 0 Å². The molecule has 2 rings (SSSR count). The van der Waals surface area contributed by atoms with Gasteiger partial charge in [0.25, 0.3) is 0 Å². The van der Waals surface area contributed by atoms with Crippen molar-refractivity contribution in [3.63, 3.8) is 0 Å². The Morgan fingerprint density at radius 3 is 3.08 bits per heavy atom. The maximum absolute atomic E-state index is 11.0. The van der Waals surface area contributed by atoms with Gasteiger partial charge >= 0.3 is 4.87 Å². The Morgan fingerprint density at radius 1 is 1.46 bits per heavy atom. The van der Waals surface area contributed by atoms with Crippen LogP contribution in [0.4, 0.5) is 0 Å². The van der Waals surface area contributed by atoms with Gasteiger partial charge in [-0.05, 0) is 24.1 Å². The van der Waals surface area contributed by atoms with E-state index in [4.69, 9.17) is 0 Å². The van der Waals surface area contributed by atoms with Gasteiger partial charge < -0.3 is 4.98 Å². The number of fused-ring (bicyclic) bond motifs is 1. The molecule has 0 saturated carbocycles. The van der Waals surface area contributed by atoms with Crippen LogP contribution < -0.4 is 4.87 Å². The first-order valence-electron chi connectivity index (χ1n) is 3.97. The summed E-state index contributed by atoms with van der Waals surface area (Å²) in [5, 5.41) is 0.956. The highest BCUT2D eigenvalue weighted by atomic mass is 79.9. The van der Waals surface area contributed by atoms with Crippen LogP contribution in [-0.2, 0) is 6.42 Å². The van der Waals surface area contributed by atoms with Gasteiger partial charge in [-0.2, -0.15) is 0 Å². The van der Waals surface area contributed by atoms with Crippen molar-refractivity contribution in [2.45, 2.75) is 6.42 Å². The zero-order chi connectivity index (χ0) is 9.26. The number of H-pyrrole nitrogens is 1. The van der Waals surface area contributed by atoms with Crippen molar-refractivity contribution < 1.29 is 0 Å². The molecule has 0 amide bonds. The summed E-state index contributed by atoms with van der Waals surface area (Å²) in [6, 6.07) is 6.08. The lowest BCUT2D eigenvalue weighted by molar-refractivity contribution is 1.18. The molecule has 0 spiro atoms. The Labute approximate surface area is 87.7 Å². The molecule has 13 heavy (non-hydrogen) atoms. The number of hydrogen-bond donors (Lipinski definition) is 1. The first-order valence-corrected chi connectivity index (χ1v) is 5.91. The van der Waals surface area contributed by atoms with Gasteiger partial charge in [-0.3, -0.25) is 4.79 Å². The van der Waals surface area contributed by atoms with Gasteiger partial charge in [-0.15, -0.1) is 0 Å². The van der Waals surface area contributed by atoms with E-state index in [0.717, 1.165) is 22.0 Å². The molecule has 0 bridgehead atoms. The maximum Gasteiger partial charge on any atom is 0.305 e. The minimum atomic E-state index is 0.0194. The van der Waals surface area contributed by atoms with Crippen molar-refractivity contribution >= 4 is 37.5 Å². The lowest BCUT2D eigenvalue weighted by atomic mass is 10.2. The van der Waals surface area contributed by atoms with E-state index in [1.54, 1.807) is 0 Å². The first kappa shape index (κ1) is 8.97. The minimum absolute atomic E-state index is 0.0194. The number of aryl methyl sites for hydroxylation is 1. The van der Waals surface area contributed by atoms with Gasteiger partial charge in [0.2, 0.25) is 0 Å². The zero-order valence-electron chi connectivity index (χ0n) is 6.84. The van der Waals surface area contributed by atoms with E-state index in [0.29, 0.717) is 0 Å². The largest absolute Gasteiger partial charge is 0.312 e. The van der Waals surface area contributed by atoms with Crippen molar-refractivity contribution in [2.24, 2.45) is 0 Å². The van der Waals surface area contributed by atoms with E-state index in [9.17, 15) is 4.79 Å². The Balaban J connectivity index is 2.54. The van der Waals surface area contributed by atoms with Crippen LogP contribution in [0.2, 0.25) is 0 Å². The number of hydrogen-bond acceptors (Lipinski definition) is 2. The smallest absolute Gasteiger partial charge is 0.305 e. The van der Waals surface area contributed by atoms with E-state index < -0.39 is 0 Å². The van der Waals surface area contributed by atoms with Crippen molar-refractivity contribution in [2.75, 3.05) is 5.33 Å². The number of thiazole rings is 1. The summed E-state index contributed by atoms with van der Waals surface area (Å²) in [5.41, 5.74) is 2.20. The predicted octanol–water partition coefficient (Wildman–Crippen LogP) is 2.53. The first-order chi connectivity index (χ1) is 6.29. The molecule has 1 aromatic heterocycles. The van der Waals surface area contributed by atoms with Gasteiger partial charge in [0, 0.05) is 5.33 Å². The second-order valence-electron chi connectivity index (χ2n) is 2.78. The third-order valence-electron chi connectivity index (χ3n) is 1.87. The van der Waals surface area contributed by atoms with E-state index >= 15 is 0 Å². The van der Waals surface area contributed by atoms with Crippen molar-refractivity contribution in [3.8, 4) is 0 Å². The average Bonchev–Trinajstić information content (AvgIpc) is 2.44. The summed E-state index contributed by atoms with van der Waals surface area (Å²) in [4.78, 5) is 13.8. The topological polar surface area (TPSA) is 32.9 Å². The average molecular weight is 258 g/mol. The Morgan fingerprint density at radius 2 is 2.31 bits per heavy atom. The summed E-state index contributed by atoms with van der Waals surface area (Å²) >= 11 is 4.65. The Hall–Kier alpha value is -0.610. The highest BCUT2D eigenvalue weighted by Gasteiger charge is 1.99. The standard InChI is InChI=1S/C9H8BrNOS/c10-4-3-6-1-2-7-8(5-6)13-9(12)11-7/h1-2,5H,3-4H2,(H,11,12). The third kappa shape index (κ3) is 1.84. The van der Waals surface area contributed by atoms with Crippen molar-refractivity contribution in [1.29, 1.82) is 0 Å². The fourth-order valence-electron chi connectivity index (χ4n) is 1.25. The molecule has 0 saturated heterocycles. The second-order valence-corrected chi connectivity index (χ2v) is 4.59. The van der Waals surface area contributed by atoms with E-state index in [1.807, 2.05) is 12.1 Å². The molecule has 1 heterocycles. The summed E-state index contributed by atoms with van der Waals surface area (Å²) in [6.07, 6.45) is 1.00. The molecule has 0 radical (unpaired) electrons. The number of alkyl halides is 1. The molecular formula is C9H8BrNOS. The van der Waals surface area contributed by atoms with Gasteiger partial charge in [0.05, 0.1) is 10.2 Å².